The van der Waals surface area contributed by atoms with Crippen LogP contribution in [-0.2, 0) is 0 Å². The van der Waals surface area contributed by atoms with Crippen molar-refractivity contribution in [1.29, 1.82) is 0 Å². The van der Waals surface area contributed by atoms with Gasteiger partial charge in [0.25, 0.3) is 0 Å². The van der Waals surface area contributed by atoms with E-state index in [2.05, 4.69) is 30.4 Å². The van der Waals surface area contributed by atoms with Crippen LogP contribution in [0.25, 0.3) is 0 Å². The second-order valence-electron chi connectivity index (χ2n) is 3.73. The van der Waals surface area contributed by atoms with Crippen molar-refractivity contribution in [3.63, 3.8) is 0 Å². The van der Waals surface area contributed by atoms with Crippen molar-refractivity contribution >= 4 is 5.69 Å². The molecule has 1 atom stereocenters. The number of nitrogens with one attached hydrogen (secondary N) is 1. The van der Waals surface area contributed by atoms with Gasteiger partial charge in [0.2, 0.25) is 0 Å². The number of anilines is 1. The lowest BCUT2D eigenvalue weighted by Crippen LogP contribution is -2.14. The Balaban J connectivity index is 2.33. The fourth-order valence-corrected chi connectivity index (χ4v) is 1.96. The molecule has 0 spiro atoms. The molecule has 1 fully saturated rings. The lowest BCUT2D eigenvalue weighted by Gasteiger charge is -2.14. The molecule has 2 nitrogen and oxygen atoms in total. The van der Waals surface area contributed by atoms with Crippen molar-refractivity contribution in [2.24, 2.45) is 0 Å². The first-order chi connectivity index (χ1) is 6.29. The molecular weight excluding hydrogens is 160 g/mol. The highest BCUT2D eigenvalue weighted by Crippen LogP contribution is 2.29. The molecule has 2 heteroatoms. The molecular formula is C11H16N2. The summed E-state index contributed by atoms with van der Waals surface area (Å²) in [4.78, 5) is 0. The number of hydrogen-bond donors (Lipinski definition) is 2. The summed E-state index contributed by atoms with van der Waals surface area (Å²) < 4.78 is 0. The fraction of sp³-hybridized carbons (Fsp3) is 0.455. The number of hydrogen-bond acceptors (Lipinski definition) is 2. The second-order valence-corrected chi connectivity index (χ2v) is 3.73. The molecule has 0 radical (unpaired) electrons. The van der Waals surface area contributed by atoms with Crippen LogP contribution in [-0.4, -0.2) is 6.54 Å². The van der Waals surface area contributed by atoms with Crippen molar-refractivity contribution in [2.75, 3.05) is 12.3 Å². The first-order valence-electron chi connectivity index (χ1n) is 4.87. The van der Waals surface area contributed by atoms with Gasteiger partial charge in [0.05, 0.1) is 0 Å². The summed E-state index contributed by atoms with van der Waals surface area (Å²) in [5.41, 5.74) is 9.44. The number of aryl methyl sites for hydroxylation is 1. The molecule has 1 aromatic carbocycles. The van der Waals surface area contributed by atoms with Gasteiger partial charge in [-0.3, -0.25) is 0 Å². The maximum Gasteiger partial charge on any atom is 0.0392 e. The third kappa shape index (κ3) is 1.54. The van der Waals surface area contributed by atoms with Crippen LogP contribution in [0.4, 0.5) is 5.69 Å². The minimum absolute atomic E-state index is 0.486. The predicted octanol–water partition coefficient (Wildman–Crippen LogP) is 2.00. The Labute approximate surface area is 79.1 Å². The number of para-hydroxylation sites is 1. The van der Waals surface area contributed by atoms with Crippen LogP contribution in [0, 0.1) is 6.92 Å². The Kier molecular flexibility index (Phi) is 2.23. The van der Waals surface area contributed by atoms with Crippen LogP contribution >= 0.6 is 0 Å². The molecule has 0 bridgehead atoms. The molecule has 70 valence electrons. The van der Waals surface area contributed by atoms with E-state index in [0.717, 1.165) is 12.2 Å². The zero-order valence-electron chi connectivity index (χ0n) is 8.01. The summed E-state index contributed by atoms with van der Waals surface area (Å²) >= 11 is 0. The van der Waals surface area contributed by atoms with E-state index in [1.165, 1.54) is 24.0 Å². The number of rotatable bonds is 1. The average molecular weight is 176 g/mol. The van der Waals surface area contributed by atoms with E-state index in [-0.39, 0.29) is 0 Å². The van der Waals surface area contributed by atoms with Crippen molar-refractivity contribution in [3.8, 4) is 0 Å². The van der Waals surface area contributed by atoms with Crippen LogP contribution < -0.4 is 11.1 Å². The first kappa shape index (κ1) is 8.57. The Hall–Kier alpha value is -1.02. The molecule has 13 heavy (non-hydrogen) atoms. The van der Waals surface area contributed by atoms with Crippen molar-refractivity contribution in [3.05, 3.63) is 29.3 Å². The fourth-order valence-electron chi connectivity index (χ4n) is 1.96. The van der Waals surface area contributed by atoms with E-state index < -0.39 is 0 Å². The highest BCUT2D eigenvalue weighted by atomic mass is 14.9. The summed E-state index contributed by atoms with van der Waals surface area (Å²) in [6.07, 6.45) is 2.48. The molecule has 0 unspecified atom stereocenters. The normalized spacial score (nSPS) is 22.1. The molecule has 3 N–H and O–H groups in total. The van der Waals surface area contributed by atoms with E-state index >= 15 is 0 Å². The lowest BCUT2D eigenvalue weighted by molar-refractivity contribution is 0.649. The van der Waals surface area contributed by atoms with Crippen molar-refractivity contribution in [2.45, 2.75) is 25.8 Å². The molecule has 0 saturated carbocycles. The van der Waals surface area contributed by atoms with Crippen LogP contribution in [0.3, 0.4) is 0 Å². The van der Waals surface area contributed by atoms with Gasteiger partial charge in [-0.05, 0) is 37.4 Å². The van der Waals surface area contributed by atoms with Gasteiger partial charge < -0.3 is 11.1 Å². The van der Waals surface area contributed by atoms with Crippen molar-refractivity contribution < 1.29 is 0 Å². The molecule has 0 aromatic heterocycles. The van der Waals surface area contributed by atoms with Gasteiger partial charge in [0.15, 0.2) is 0 Å². The molecule has 1 aromatic rings. The minimum atomic E-state index is 0.486. The predicted molar refractivity (Wildman–Crippen MR) is 55.6 cm³/mol. The number of benzene rings is 1. The molecule has 2 rings (SSSR count). The van der Waals surface area contributed by atoms with Gasteiger partial charge in [-0.2, -0.15) is 0 Å². The van der Waals surface area contributed by atoms with Crippen molar-refractivity contribution in [1.82, 2.24) is 5.32 Å². The molecule has 0 amide bonds. The molecule has 0 aliphatic carbocycles. The molecule has 1 aliphatic rings. The topological polar surface area (TPSA) is 38.0 Å². The number of nitrogen functional groups attached to an aromatic ring is 1. The van der Waals surface area contributed by atoms with Crippen LogP contribution in [0.1, 0.15) is 30.0 Å². The monoisotopic (exact) mass is 176 g/mol. The standard InChI is InChI=1S/C11H16N2/c1-8-4-2-5-9(11(8)12)10-6-3-7-13-10/h2,4-5,10,13H,3,6-7,12H2,1H3/t10-/m1/s1. The molecule has 1 aliphatic heterocycles. The minimum Gasteiger partial charge on any atom is -0.398 e. The van der Waals surface area contributed by atoms with Gasteiger partial charge in [0, 0.05) is 11.7 Å². The third-order valence-electron chi connectivity index (χ3n) is 2.79. The van der Waals surface area contributed by atoms with E-state index in [4.69, 9.17) is 5.73 Å². The Morgan fingerprint density at radius 3 is 3.00 bits per heavy atom. The maximum atomic E-state index is 6.02. The van der Waals surface area contributed by atoms with Gasteiger partial charge in [-0.25, -0.2) is 0 Å². The summed E-state index contributed by atoms with van der Waals surface area (Å²) in [5.74, 6) is 0. The summed E-state index contributed by atoms with van der Waals surface area (Å²) in [7, 11) is 0. The summed E-state index contributed by atoms with van der Waals surface area (Å²) in [6.45, 7) is 3.19. The quantitative estimate of drug-likeness (QED) is 0.642. The highest BCUT2D eigenvalue weighted by molar-refractivity contribution is 5.54. The van der Waals surface area contributed by atoms with Gasteiger partial charge >= 0.3 is 0 Å². The summed E-state index contributed by atoms with van der Waals surface area (Å²) in [6, 6.07) is 6.76. The van der Waals surface area contributed by atoms with Gasteiger partial charge in [0.1, 0.15) is 0 Å². The third-order valence-corrected chi connectivity index (χ3v) is 2.79. The Bertz CT molecular complexity index is 301. The highest BCUT2D eigenvalue weighted by Gasteiger charge is 2.18. The summed E-state index contributed by atoms with van der Waals surface area (Å²) in [5, 5.41) is 3.46. The largest absolute Gasteiger partial charge is 0.398 e. The van der Waals surface area contributed by atoms with Crippen LogP contribution in [0.2, 0.25) is 0 Å². The Morgan fingerprint density at radius 2 is 2.31 bits per heavy atom. The zero-order valence-corrected chi connectivity index (χ0v) is 8.01. The lowest BCUT2D eigenvalue weighted by atomic mass is 10.0. The molecule has 1 saturated heterocycles. The van der Waals surface area contributed by atoms with E-state index in [0.29, 0.717) is 6.04 Å². The SMILES string of the molecule is Cc1cccc([C@H]2CCCN2)c1N. The van der Waals surface area contributed by atoms with Crippen LogP contribution in [0.5, 0.6) is 0 Å². The van der Waals surface area contributed by atoms with Crippen LogP contribution in [0.15, 0.2) is 18.2 Å². The van der Waals surface area contributed by atoms with E-state index in [1.807, 2.05) is 0 Å². The first-order valence-corrected chi connectivity index (χ1v) is 4.87. The Morgan fingerprint density at radius 1 is 1.46 bits per heavy atom. The smallest absolute Gasteiger partial charge is 0.0392 e. The van der Waals surface area contributed by atoms with E-state index in [9.17, 15) is 0 Å². The zero-order chi connectivity index (χ0) is 9.26. The average Bonchev–Trinajstić information content (AvgIpc) is 2.62. The number of nitrogens with two attached hydrogens (primary N) is 1. The second kappa shape index (κ2) is 3.38. The molecule has 1 heterocycles. The van der Waals surface area contributed by atoms with Gasteiger partial charge in [-0.15, -0.1) is 0 Å². The van der Waals surface area contributed by atoms with E-state index in [1.54, 1.807) is 0 Å². The van der Waals surface area contributed by atoms with Gasteiger partial charge in [-0.1, -0.05) is 18.2 Å². The maximum absolute atomic E-state index is 6.02.